The summed E-state index contributed by atoms with van der Waals surface area (Å²) in [5.41, 5.74) is 1.07. The molecule has 0 saturated carbocycles. The van der Waals surface area contributed by atoms with Crippen molar-refractivity contribution in [2.24, 2.45) is 5.92 Å². The van der Waals surface area contributed by atoms with Gasteiger partial charge in [0.15, 0.2) is 0 Å². The molecule has 17 heavy (non-hydrogen) atoms. The lowest BCUT2D eigenvalue weighted by atomic mass is 10.0. The van der Waals surface area contributed by atoms with Crippen LogP contribution in [0.25, 0.3) is 0 Å². The summed E-state index contributed by atoms with van der Waals surface area (Å²) in [5, 5.41) is 10.9. The van der Waals surface area contributed by atoms with E-state index in [9.17, 15) is 9.59 Å². The summed E-state index contributed by atoms with van der Waals surface area (Å²) in [6.45, 7) is 7.68. The van der Waals surface area contributed by atoms with E-state index in [0.29, 0.717) is 13.0 Å². The minimum absolute atomic E-state index is 0.0806. The van der Waals surface area contributed by atoms with Crippen molar-refractivity contribution < 1.29 is 19.5 Å². The van der Waals surface area contributed by atoms with Crippen LogP contribution < -0.4 is 10.8 Å². The van der Waals surface area contributed by atoms with Gasteiger partial charge in [-0.1, -0.05) is 6.92 Å². The molecule has 0 aliphatic carbocycles. The fraction of sp³-hybridized carbons (Fsp3) is 0.818. The summed E-state index contributed by atoms with van der Waals surface area (Å²) in [7, 11) is 0. The number of hydroxylamine groups is 1. The van der Waals surface area contributed by atoms with Crippen molar-refractivity contribution in [1.82, 2.24) is 10.8 Å². The Balaban J connectivity index is 3.70. The smallest absolute Gasteiger partial charge is 0.407 e. The molecule has 6 nitrogen and oxygen atoms in total. The third-order valence-electron chi connectivity index (χ3n) is 1.96. The van der Waals surface area contributed by atoms with Crippen molar-refractivity contribution in [1.29, 1.82) is 0 Å². The number of nitrogens with one attached hydrogen (secondary N) is 2. The normalized spacial score (nSPS) is 12.8. The number of amides is 2. The number of ether oxygens (including phenoxy) is 1. The highest BCUT2D eigenvalue weighted by atomic mass is 16.6. The molecule has 0 aliphatic heterocycles. The van der Waals surface area contributed by atoms with E-state index in [-0.39, 0.29) is 12.3 Å². The van der Waals surface area contributed by atoms with Crippen molar-refractivity contribution in [3.05, 3.63) is 0 Å². The zero-order valence-corrected chi connectivity index (χ0v) is 10.9. The van der Waals surface area contributed by atoms with E-state index in [0.717, 1.165) is 0 Å². The van der Waals surface area contributed by atoms with Crippen molar-refractivity contribution in [2.75, 3.05) is 6.54 Å². The Morgan fingerprint density at radius 1 is 1.35 bits per heavy atom. The summed E-state index contributed by atoms with van der Waals surface area (Å²) in [6.07, 6.45) is 0.412. The van der Waals surface area contributed by atoms with Crippen molar-refractivity contribution in [3.63, 3.8) is 0 Å². The van der Waals surface area contributed by atoms with E-state index in [4.69, 9.17) is 9.94 Å². The maximum atomic E-state index is 11.3. The molecule has 6 heteroatoms. The van der Waals surface area contributed by atoms with Crippen LogP contribution in [-0.2, 0) is 9.53 Å². The Morgan fingerprint density at radius 2 is 1.94 bits per heavy atom. The van der Waals surface area contributed by atoms with E-state index in [2.05, 4.69) is 5.32 Å². The molecule has 0 aliphatic rings. The standard InChI is InChI=1S/C11H22N2O4/c1-8(7-9(14)13-16)5-6-12-10(15)17-11(2,3)4/h8,16H,5-7H2,1-4H3,(H,12,15)(H,13,14). The second kappa shape index (κ2) is 7.11. The Kier molecular flexibility index (Phi) is 6.57. The molecule has 0 aromatic heterocycles. The van der Waals surface area contributed by atoms with Crippen LogP contribution in [0.2, 0.25) is 0 Å². The van der Waals surface area contributed by atoms with Gasteiger partial charge in [0, 0.05) is 13.0 Å². The summed E-state index contributed by atoms with van der Waals surface area (Å²) in [5.74, 6) is -0.341. The largest absolute Gasteiger partial charge is 0.444 e. The predicted molar refractivity (Wildman–Crippen MR) is 62.6 cm³/mol. The molecule has 0 aromatic rings. The van der Waals surface area contributed by atoms with Gasteiger partial charge in [-0.2, -0.15) is 0 Å². The highest BCUT2D eigenvalue weighted by molar-refractivity contribution is 5.74. The molecule has 0 aromatic carbocycles. The average molecular weight is 246 g/mol. The minimum atomic E-state index is -0.507. The number of hydrogen-bond donors (Lipinski definition) is 3. The van der Waals surface area contributed by atoms with Gasteiger partial charge in [0.25, 0.3) is 0 Å². The fourth-order valence-corrected chi connectivity index (χ4v) is 1.20. The zero-order chi connectivity index (χ0) is 13.5. The first-order chi connectivity index (χ1) is 7.74. The van der Waals surface area contributed by atoms with Gasteiger partial charge in [-0.05, 0) is 33.1 Å². The molecule has 3 N–H and O–H groups in total. The third kappa shape index (κ3) is 9.62. The second-order valence-corrected chi connectivity index (χ2v) is 5.06. The van der Waals surface area contributed by atoms with Crippen LogP contribution >= 0.6 is 0 Å². The molecule has 0 radical (unpaired) electrons. The van der Waals surface area contributed by atoms with Gasteiger partial charge in [-0.15, -0.1) is 0 Å². The Morgan fingerprint density at radius 3 is 2.41 bits per heavy atom. The fourth-order valence-electron chi connectivity index (χ4n) is 1.20. The van der Waals surface area contributed by atoms with Crippen molar-refractivity contribution in [2.45, 2.75) is 46.1 Å². The lowest BCUT2D eigenvalue weighted by Crippen LogP contribution is -2.33. The minimum Gasteiger partial charge on any atom is -0.444 e. The first-order valence-corrected chi connectivity index (χ1v) is 5.64. The van der Waals surface area contributed by atoms with Gasteiger partial charge in [-0.25, -0.2) is 10.3 Å². The van der Waals surface area contributed by atoms with Gasteiger partial charge in [-0.3, -0.25) is 10.0 Å². The summed E-state index contributed by atoms with van der Waals surface area (Å²) in [4.78, 5) is 22.1. The lowest BCUT2D eigenvalue weighted by Gasteiger charge is -2.20. The van der Waals surface area contributed by atoms with Gasteiger partial charge in [0.1, 0.15) is 5.60 Å². The molecular weight excluding hydrogens is 224 g/mol. The van der Waals surface area contributed by atoms with E-state index in [1.165, 1.54) is 0 Å². The van der Waals surface area contributed by atoms with Crippen molar-refractivity contribution >= 4 is 12.0 Å². The van der Waals surface area contributed by atoms with E-state index >= 15 is 0 Å². The van der Waals surface area contributed by atoms with Gasteiger partial charge in [0.05, 0.1) is 0 Å². The number of rotatable bonds is 5. The topological polar surface area (TPSA) is 87.7 Å². The molecule has 0 fully saturated rings. The average Bonchev–Trinajstić information content (AvgIpc) is 2.14. The predicted octanol–water partition coefficient (Wildman–Crippen LogP) is 1.43. The summed E-state index contributed by atoms with van der Waals surface area (Å²) in [6, 6.07) is 0. The van der Waals surface area contributed by atoms with Crippen LogP contribution in [0.5, 0.6) is 0 Å². The maximum absolute atomic E-state index is 11.3. The quantitative estimate of drug-likeness (QED) is 0.506. The second-order valence-electron chi connectivity index (χ2n) is 5.06. The Hall–Kier alpha value is -1.30. The van der Waals surface area contributed by atoms with Crippen LogP contribution in [0.4, 0.5) is 4.79 Å². The van der Waals surface area contributed by atoms with E-state index in [1.54, 1.807) is 26.3 Å². The first kappa shape index (κ1) is 15.7. The first-order valence-electron chi connectivity index (χ1n) is 5.64. The van der Waals surface area contributed by atoms with Crippen LogP contribution in [-0.4, -0.2) is 29.4 Å². The zero-order valence-electron chi connectivity index (χ0n) is 10.9. The molecule has 0 spiro atoms. The number of alkyl carbamates (subject to hydrolysis) is 1. The van der Waals surface area contributed by atoms with Gasteiger partial charge in [0.2, 0.25) is 5.91 Å². The van der Waals surface area contributed by atoms with E-state index < -0.39 is 17.6 Å². The highest BCUT2D eigenvalue weighted by Crippen LogP contribution is 2.08. The molecular formula is C11H22N2O4. The van der Waals surface area contributed by atoms with Gasteiger partial charge < -0.3 is 10.1 Å². The molecule has 0 heterocycles. The summed E-state index contributed by atoms with van der Waals surface area (Å²) < 4.78 is 5.05. The molecule has 2 amide bonds. The molecule has 1 atom stereocenters. The molecule has 0 rings (SSSR count). The number of hydrogen-bond acceptors (Lipinski definition) is 4. The van der Waals surface area contributed by atoms with E-state index in [1.807, 2.05) is 6.92 Å². The molecule has 100 valence electrons. The SMILES string of the molecule is CC(CCNC(=O)OC(C)(C)C)CC(=O)NO. The highest BCUT2D eigenvalue weighted by Gasteiger charge is 2.16. The van der Waals surface area contributed by atoms with Crippen LogP contribution in [0.1, 0.15) is 40.5 Å². The Bertz CT molecular complexity index is 261. The molecule has 1 unspecified atom stereocenters. The van der Waals surface area contributed by atoms with Crippen LogP contribution in [0.3, 0.4) is 0 Å². The third-order valence-corrected chi connectivity index (χ3v) is 1.96. The maximum Gasteiger partial charge on any atom is 0.407 e. The summed E-state index contributed by atoms with van der Waals surface area (Å²) >= 11 is 0. The van der Waals surface area contributed by atoms with Crippen LogP contribution in [0.15, 0.2) is 0 Å². The number of carbonyl (C=O) groups is 2. The van der Waals surface area contributed by atoms with Gasteiger partial charge >= 0.3 is 6.09 Å². The Labute approximate surface area is 102 Å². The van der Waals surface area contributed by atoms with Crippen molar-refractivity contribution in [3.8, 4) is 0 Å². The van der Waals surface area contributed by atoms with Crippen LogP contribution in [0, 0.1) is 5.92 Å². The lowest BCUT2D eigenvalue weighted by molar-refractivity contribution is -0.130. The number of carbonyl (C=O) groups excluding carboxylic acids is 2. The molecule has 0 saturated heterocycles. The monoisotopic (exact) mass is 246 g/mol. The molecule has 0 bridgehead atoms.